The summed E-state index contributed by atoms with van der Waals surface area (Å²) in [6, 6.07) is 0. The van der Waals surface area contributed by atoms with Crippen LogP contribution < -0.4 is 5.73 Å². The van der Waals surface area contributed by atoms with Gasteiger partial charge in [-0.3, -0.25) is 0 Å². The van der Waals surface area contributed by atoms with E-state index in [1.165, 1.54) is 6.92 Å². The molecule has 0 atom stereocenters. The Balaban J connectivity index is 3.23. The van der Waals surface area contributed by atoms with Gasteiger partial charge in [-0.25, -0.2) is 9.78 Å². The summed E-state index contributed by atoms with van der Waals surface area (Å²) in [6.07, 6.45) is -4.84. The van der Waals surface area contributed by atoms with Crippen LogP contribution in [0.5, 0.6) is 0 Å². The predicted molar refractivity (Wildman–Crippen MR) is 45.2 cm³/mol. The van der Waals surface area contributed by atoms with Gasteiger partial charge in [-0.1, -0.05) is 0 Å². The highest BCUT2D eigenvalue weighted by Gasteiger charge is 2.39. The molecule has 0 amide bonds. The summed E-state index contributed by atoms with van der Waals surface area (Å²) in [6.45, 7) is 1.37. The molecule has 2 N–H and O–H groups in total. The van der Waals surface area contributed by atoms with Crippen molar-refractivity contribution in [3.05, 3.63) is 11.4 Å². The molecule has 0 bridgehead atoms. The monoisotopic (exact) mass is 236 g/mol. The van der Waals surface area contributed by atoms with Crippen molar-refractivity contribution >= 4 is 11.9 Å². The van der Waals surface area contributed by atoms with E-state index < -0.39 is 29.5 Å². The first-order chi connectivity index (χ1) is 7.36. The Morgan fingerprint density at radius 3 is 2.56 bits per heavy atom. The predicted octanol–water partition coefficient (Wildman–Crippen LogP) is 0.649. The molecular formula is C7H7F3N4O2. The fourth-order valence-corrected chi connectivity index (χ4v) is 0.873. The number of carbonyl (C=O) groups is 1. The van der Waals surface area contributed by atoms with Crippen molar-refractivity contribution in [1.82, 2.24) is 15.2 Å². The molecule has 0 radical (unpaired) electrons. The van der Waals surface area contributed by atoms with Crippen molar-refractivity contribution in [2.75, 3.05) is 12.3 Å². The summed E-state index contributed by atoms with van der Waals surface area (Å²) >= 11 is 0. The minimum absolute atomic E-state index is 0.0812. The SMILES string of the molecule is CCOC(=O)c1nnc(N)nc1C(F)(F)F. The molecule has 0 aliphatic heterocycles. The average Bonchev–Trinajstić information content (AvgIpc) is 2.16. The highest BCUT2D eigenvalue weighted by Crippen LogP contribution is 2.29. The van der Waals surface area contributed by atoms with Crippen LogP contribution >= 0.6 is 0 Å². The van der Waals surface area contributed by atoms with Gasteiger partial charge in [0.1, 0.15) is 0 Å². The third-order valence-corrected chi connectivity index (χ3v) is 1.44. The molecule has 1 heterocycles. The lowest BCUT2D eigenvalue weighted by Crippen LogP contribution is -2.21. The summed E-state index contributed by atoms with van der Waals surface area (Å²) in [5.74, 6) is -1.91. The molecule has 0 saturated heterocycles. The Morgan fingerprint density at radius 1 is 1.44 bits per heavy atom. The average molecular weight is 236 g/mol. The van der Waals surface area contributed by atoms with Crippen LogP contribution in [-0.2, 0) is 10.9 Å². The molecule has 1 aromatic heterocycles. The van der Waals surface area contributed by atoms with Crippen molar-refractivity contribution in [2.45, 2.75) is 13.1 Å². The largest absolute Gasteiger partial charge is 0.461 e. The first kappa shape index (κ1) is 12.1. The number of nitrogen functional groups attached to an aromatic ring is 1. The topological polar surface area (TPSA) is 91.0 Å². The Hall–Kier alpha value is -1.93. The molecule has 0 aliphatic carbocycles. The van der Waals surface area contributed by atoms with Crippen LogP contribution in [0.4, 0.5) is 19.1 Å². The molecule has 0 aliphatic rings. The Morgan fingerprint density at radius 2 is 2.06 bits per heavy atom. The van der Waals surface area contributed by atoms with Crippen molar-refractivity contribution in [3.63, 3.8) is 0 Å². The number of hydrogen-bond acceptors (Lipinski definition) is 6. The van der Waals surface area contributed by atoms with Crippen molar-refractivity contribution in [3.8, 4) is 0 Å². The van der Waals surface area contributed by atoms with Gasteiger partial charge >= 0.3 is 12.1 Å². The molecule has 9 heteroatoms. The number of halogens is 3. The Kier molecular flexibility index (Phi) is 3.25. The van der Waals surface area contributed by atoms with Gasteiger partial charge in [0.15, 0.2) is 5.69 Å². The number of nitrogens with two attached hydrogens (primary N) is 1. The van der Waals surface area contributed by atoms with Gasteiger partial charge in [0.25, 0.3) is 0 Å². The standard InChI is InChI=1S/C7H7F3N4O2/c1-2-16-5(15)3-4(7(8,9)10)12-6(11)14-13-3/h2H2,1H3,(H2,11,12,14). The van der Waals surface area contributed by atoms with Crippen molar-refractivity contribution in [1.29, 1.82) is 0 Å². The van der Waals surface area contributed by atoms with E-state index in [1.54, 1.807) is 0 Å². The molecule has 88 valence electrons. The number of rotatable bonds is 2. The van der Waals surface area contributed by atoms with E-state index >= 15 is 0 Å². The summed E-state index contributed by atoms with van der Waals surface area (Å²) in [5, 5.41) is 6.10. The van der Waals surface area contributed by atoms with Gasteiger partial charge < -0.3 is 10.5 Å². The zero-order valence-corrected chi connectivity index (χ0v) is 8.08. The number of aromatic nitrogens is 3. The first-order valence-corrected chi connectivity index (χ1v) is 4.10. The highest BCUT2D eigenvalue weighted by atomic mass is 19.4. The third-order valence-electron chi connectivity index (χ3n) is 1.44. The van der Waals surface area contributed by atoms with E-state index in [9.17, 15) is 18.0 Å². The molecular weight excluding hydrogens is 229 g/mol. The van der Waals surface area contributed by atoms with Crippen LogP contribution in [0.1, 0.15) is 23.1 Å². The minimum Gasteiger partial charge on any atom is -0.461 e. The van der Waals surface area contributed by atoms with Gasteiger partial charge in [-0.2, -0.15) is 13.2 Å². The lowest BCUT2D eigenvalue weighted by molar-refractivity contribution is -0.142. The Bertz CT molecular complexity index is 407. The fourth-order valence-electron chi connectivity index (χ4n) is 0.873. The van der Waals surface area contributed by atoms with Crippen molar-refractivity contribution in [2.24, 2.45) is 0 Å². The second-order valence-corrected chi connectivity index (χ2v) is 2.59. The second kappa shape index (κ2) is 4.29. The maximum Gasteiger partial charge on any atom is 0.436 e. The number of anilines is 1. The zero-order chi connectivity index (χ0) is 12.3. The van der Waals surface area contributed by atoms with E-state index in [0.29, 0.717) is 0 Å². The molecule has 6 nitrogen and oxygen atoms in total. The number of esters is 1. The van der Waals surface area contributed by atoms with Crippen LogP contribution in [0.2, 0.25) is 0 Å². The number of alkyl halides is 3. The summed E-state index contributed by atoms with van der Waals surface area (Å²) in [5.41, 5.74) is 2.46. The molecule has 0 fully saturated rings. The fraction of sp³-hybridized carbons (Fsp3) is 0.429. The van der Waals surface area contributed by atoms with Crippen LogP contribution in [0.3, 0.4) is 0 Å². The van der Waals surface area contributed by atoms with Gasteiger partial charge in [0.05, 0.1) is 6.61 Å². The molecule has 0 saturated carbocycles. The van der Waals surface area contributed by atoms with E-state index in [0.717, 1.165) is 0 Å². The number of hydrogen-bond donors (Lipinski definition) is 1. The van der Waals surface area contributed by atoms with Gasteiger partial charge in [0.2, 0.25) is 11.6 Å². The molecule has 1 rings (SSSR count). The van der Waals surface area contributed by atoms with Crippen LogP contribution in [0, 0.1) is 0 Å². The van der Waals surface area contributed by atoms with E-state index in [-0.39, 0.29) is 6.61 Å². The maximum atomic E-state index is 12.4. The minimum atomic E-state index is -4.84. The normalized spacial score (nSPS) is 11.2. The molecule has 1 aromatic rings. The van der Waals surface area contributed by atoms with Crippen LogP contribution in [-0.4, -0.2) is 27.8 Å². The van der Waals surface area contributed by atoms with E-state index in [1.807, 2.05) is 0 Å². The molecule has 0 spiro atoms. The highest BCUT2D eigenvalue weighted by molar-refractivity contribution is 5.88. The van der Waals surface area contributed by atoms with Gasteiger partial charge in [0, 0.05) is 0 Å². The third kappa shape index (κ3) is 2.55. The van der Waals surface area contributed by atoms with Crippen molar-refractivity contribution < 1.29 is 22.7 Å². The lowest BCUT2D eigenvalue weighted by atomic mass is 10.3. The molecule has 16 heavy (non-hydrogen) atoms. The van der Waals surface area contributed by atoms with Crippen LogP contribution in [0.15, 0.2) is 0 Å². The zero-order valence-electron chi connectivity index (χ0n) is 8.08. The quantitative estimate of drug-likeness (QED) is 0.758. The first-order valence-electron chi connectivity index (χ1n) is 4.10. The van der Waals surface area contributed by atoms with E-state index in [2.05, 4.69) is 19.9 Å². The molecule has 0 unspecified atom stereocenters. The summed E-state index contributed by atoms with van der Waals surface area (Å²) < 4.78 is 41.7. The van der Waals surface area contributed by atoms with Gasteiger partial charge in [-0.15, -0.1) is 10.2 Å². The number of nitrogens with zero attached hydrogens (tertiary/aromatic N) is 3. The number of ether oxygens (including phenoxy) is 1. The summed E-state index contributed by atoms with van der Waals surface area (Å²) in [7, 11) is 0. The smallest absolute Gasteiger partial charge is 0.436 e. The summed E-state index contributed by atoms with van der Waals surface area (Å²) in [4.78, 5) is 14.0. The molecule has 0 aromatic carbocycles. The van der Waals surface area contributed by atoms with E-state index in [4.69, 9.17) is 5.73 Å². The van der Waals surface area contributed by atoms with Crippen LogP contribution in [0.25, 0.3) is 0 Å². The maximum absolute atomic E-state index is 12.4. The Labute approximate surface area is 87.6 Å². The second-order valence-electron chi connectivity index (χ2n) is 2.59. The lowest BCUT2D eigenvalue weighted by Gasteiger charge is -2.09. The number of carbonyl (C=O) groups excluding carboxylic acids is 1. The van der Waals surface area contributed by atoms with Gasteiger partial charge in [-0.05, 0) is 6.92 Å².